The molecule has 0 unspecified atom stereocenters. The van der Waals surface area contributed by atoms with Gasteiger partial charge in [0.25, 0.3) is 0 Å². The smallest absolute Gasteiger partial charge is 0.0536 e. The Hall–Kier alpha value is -1.64. The molecule has 2 aromatic carbocycles. The summed E-state index contributed by atoms with van der Waals surface area (Å²) in [5, 5.41) is 6.13. The van der Waals surface area contributed by atoms with Crippen LogP contribution in [0.2, 0.25) is 0 Å². The molecule has 0 aliphatic carbocycles. The molecule has 1 atom stereocenters. The SMILES string of the molecule is C=C[C@@H](c1ccc(C)c2ccccc12)N1CCNCC1. The molecule has 0 aromatic heterocycles. The largest absolute Gasteiger partial charge is 0.314 e. The van der Waals surface area contributed by atoms with Gasteiger partial charge in [-0.2, -0.15) is 0 Å². The summed E-state index contributed by atoms with van der Waals surface area (Å²) in [6.45, 7) is 10.6. The van der Waals surface area contributed by atoms with Crippen molar-refractivity contribution in [3.8, 4) is 0 Å². The molecule has 3 rings (SSSR count). The van der Waals surface area contributed by atoms with Gasteiger partial charge in [-0.05, 0) is 28.8 Å². The first-order valence-electron chi connectivity index (χ1n) is 7.37. The van der Waals surface area contributed by atoms with Gasteiger partial charge in [0.15, 0.2) is 0 Å². The van der Waals surface area contributed by atoms with Gasteiger partial charge in [-0.1, -0.05) is 42.5 Å². The summed E-state index contributed by atoms with van der Waals surface area (Å²) in [7, 11) is 0. The second-order valence-corrected chi connectivity index (χ2v) is 5.48. The molecule has 1 heterocycles. The van der Waals surface area contributed by atoms with Gasteiger partial charge >= 0.3 is 0 Å². The Morgan fingerprint density at radius 2 is 1.80 bits per heavy atom. The maximum atomic E-state index is 4.08. The van der Waals surface area contributed by atoms with Crippen LogP contribution in [0.4, 0.5) is 0 Å². The highest BCUT2D eigenvalue weighted by Crippen LogP contribution is 2.31. The molecule has 1 fully saturated rings. The number of nitrogens with one attached hydrogen (secondary N) is 1. The third kappa shape index (κ3) is 2.37. The van der Waals surface area contributed by atoms with Gasteiger partial charge in [-0.15, -0.1) is 6.58 Å². The zero-order valence-corrected chi connectivity index (χ0v) is 12.1. The quantitative estimate of drug-likeness (QED) is 0.858. The molecule has 2 heteroatoms. The minimum atomic E-state index is 0.308. The first-order chi connectivity index (χ1) is 9.81. The molecule has 1 saturated heterocycles. The summed E-state index contributed by atoms with van der Waals surface area (Å²) in [6.07, 6.45) is 2.09. The van der Waals surface area contributed by atoms with E-state index < -0.39 is 0 Å². The molecule has 1 aliphatic heterocycles. The third-order valence-corrected chi connectivity index (χ3v) is 4.26. The number of nitrogens with zero attached hydrogens (tertiary/aromatic N) is 1. The van der Waals surface area contributed by atoms with Crippen LogP contribution in [0.15, 0.2) is 49.1 Å². The van der Waals surface area contributed by atoms with Crippen LogP contribution in [-0.2, 0) is 0 Å². The molecule has 1 N–H and O–H groups in total. The van der Waals surface area contributed by atoms with E-state index in [0.29, 0.717) is 6.04 Å². The maximum absolute atomic E-state index is 4.08. The number of piperazine rings is 1. The molecule has 0 bridgehead atoms. The first kappa shape index (κ1) is 13.3. The van der Waals surface area contributed by atoms with Gasteiger partial charge in [0.05, 0.1) is 6.04 Å². The van der Waals surface area contributed by atoms with Crippen LogP contribution in [0.3, 0.4) is 0 Å². The van der Waals surface area contributed by atoms with Crippen molar-refractivity contribution in [3.63, 3.8) is 0 Å². The molecule has 0 saturated carbocycles. The number of fused-ring (bicyclic) bond motifs is 1. The highest BCUT2D eigenvalue weighted by atomic mass is 15.2. The summed E-state index contributed by atoms with van der Waals surface area (Å²) < 4.78 is 0. The van der Waals surface area contributed by atoms with Gasteiger partial charge < -0.3 is 5.32 Å². The van der Waals surface area contributed by atoms with Crippen LogP contribution in [0, 0.1) is 6.92 Å². The van der Waals surface area contributed by atoms with Crippen molar-refractivity contribution < 1.29 is 0 Å². The van der Waals surface area contributed by atoms with Crippen LogP contribution >= 0.6 is 0 Å². The molecule has 0 radical (unpaired) electrons. The van der Waals surface area contributed by atoms with Crippen LogP contribution in [0.25, 0.3) is 10.8 Å². The number of hydrogen-bond acceptors (Lipinski definition) is 2. The molecule has 2 aromatic rings. The van der Waals surface area contributed by atoms with Crippen LogP contribution in [-0.4, -0.2) is 31.1 Å². The molecule has 1 aliphatic rings. The van der Waals surface area contributed by atoms with Gasteiger partial charge in [-0.25, -0.2) is 0 Å². The van der Waals surface area contributed by atoms with Crippen molar-refractivity contribution >= 4 is 10.8 Å². The summed E-state index contributed by atoms with van der Waals surface area (Å²) >= 11 is 0. The minimum absolute atomic E-state index is 0.308. The Bertz CT molecular complexity index is 612. The van der Waals surface area contributed by atoms with Gasteiger partial charge in [-0.3, -0.25) is 4.90 Å². The summed E-state index contributed by atoms with van der Waals surface area (Å²) in [5.74, 6) is 0. The normalized spacial score (nSPS) is 18.1. The van der Waals surface area contributed by atoms with E-state index in [2.05, 4.69) is 66.2 Å². The van der Waals surface area contributed by atoms with E-state index in [-0.39, 0.29) is 0 Å². The van der Waals surface area contributed by atoms with E-state index in [1.165, 1.54) is 21.9 Å². The maximum Gasteiger partial charge on any atom is 0.0536 e. The van der Waals surface area contributed by atoms with Crippen LogP contribution in [0.5, 0.6) is 0 Å². The molecule has 20 heavy (non-hydrogen) atoms. The second kappa shape index (κ2) is 5.78. The number of rotatable bonds is 3. The molecule has 2 nitrogen and oxygen atoms in total. The zero-order valence-electron chi connectivity index (χ0n) is 12.1. The Labute approximate surface area is 121 Å². The van der Waals surface area contributed by atoms with Gasteiger partial charge in [0, 0.05) is 26.2 Å². The van der Waals surface area contributed by atoms with Gasteiger partial charge in [0.2, 0.25) is 0 Å². The predicted molar refractivity (Wildman–Crippen MR) is 86.1 cm³/mol. The lowest BCUT2D eigenvalue weighted by Crippen LogP contribution is -2.44. The Balaban J connectivity index is 2.07. The molecule has 104 valence electrons. The summed E-state index contributed by atoms with van der Waals surface area (Å²) in [4.78, 5) is 2.51. The van der Waals surface area contributed by atoms with E-state index >= 15 is 0 Å². The van der Waals surface area contributed by atoms with Crippen molar-refractivity contribution in [2.75, 3.05) is 26.2 Å². The summed E-state index contributed by atoms with van der Waals surface area (Å²) in [6, 6.07) is 13.5. The number of benzene rings is 2. The lowest BCUT2D eigenvalue weighted by Gasteiger charge is -2.34. The number of hydrogen-bond donors (Lipinski definition) is 1. The zero-order chi connectivity index (χ0) is 13.9. The average Bonchev–Trinajstić information content (AvgIpc) is 2.52. The van der Waals surface area contributed by atoms with Crippen LogP contribution in [0.1, 0.15) is 17.2 Å². The molecule has 0 amide bonds. The standard InChI is InChI=1S/C18H22N2/c1-3-18(20-12-10-19-11-13-20)17-9-8-14(2)15-6-4-5-7-16(15)17/h3-9,18-19H,1,10-13H2,2H3/t18-/m0/s1. The number of aryl methyl sites for hydroxylation is 1. The highest BCUT2D eigenvalue weighted by molar-refractivity contribution is 5.89. The van der Waals surface area contributed by atoms with Crippen molar-refractivity contribution in [1.82, 2.24) is 10.2 Å². The fourth-order valence-corrected chi connectivity index (χ4v) is 3.16. The van der Waals surface area contributed by atoms with E-state index in [0.717, 1.165) is 26.2 Å². The lowest BCUT2D eigenvalue weighted by atomic mass is 9.94. The Morgan fingerprint density at radius 3 is 2.50 bits per heavy atom. The fourth-order valence-electron chi connectivity index (χ4n) is 3.16. The molecule has 0 spiro atoms. The van der Waals surface area contributed by atoms with E-state index in [1.807, 2.05) is 0 Å². The first-order valence-corrected chi connectivity index (χ1v) is 7.37. The van der Waals surface area contributed by atoms with E-state index in [4.69, 9.17) is 0 Å². The minimum Gasteiger partial charge on any atom is -0.314 e. The summed E-state index contributed by atoms with van der Waals surface area (Å²) in [5.41, 5.74) is 2.72. The van der Waals surface area contributed by atoms with Crippen molar-refractivity contribution in [3.05, 3.63) is 60.2 Å². The van der Waals surface area contributed by atoms with Crippen molar-refractivity contribution in [2.24, 2.45) is 0 Å². The monoisotopic (exact) mass is 266 g/mol. The molecular formula is C18H22N2. The van der Waals surface area contributed by atoms with Crippen molar-refractivity contribution in [2.45, 2.75) is 13.0 Å². The second-order valence-electron chi connectivity index (χ2n) is 5.48. The van der Waals surface area contributed by atoms with Crippen LogP contribution < -0.4 is 5.32 Å². The average molecular weight is 266 g/mol. The van der Waals surface area contributed by atoms with E-state index in [1.54, 1.807) is 0 Å². The van der Waals surface area contributed by atoms with Crippen molar-refractivity contribution in [1.29, 1.82) is 0 Å². The van der Waals surface area contributed by atoms with E-state index in [9.17, 15) is 0 Å². The third-order valence-electron chi connectivity index (χ3n) is 4.26. The lowest BCUT2D eigenvalue weighted by molar-refractivity contribution is 0.204. The predicted octanol–water partition coefficient (Wildman–Crippen LogP) is 3.28. The fraction of sp³-hybridized carbons (Fsp3) is 0.333. The molecular weight excluding hydrogens is 244 g/mol. The Kier molecular flexibility index (Phi) is 3.86. The van der Waals surface area contributed by atoms with Gasteiger partial charge in [0.1, 0.15) is 0 Å². The Morgan fingerprint density at radius 1 is 1.10 bits per heavy atom. The topological polar surface area (TPSA) is 15.3 Å². The highest BCUT2D eigenvalue weighted by Gasteiger charge is 2.21.